The van der Waals surface area contributed by atoms with Crippen LogP contribution in [0, 0.1) is 13.8 Å². The fourth-order valence-electron chi connectivity index (χ4n) is 4.66. The lowest BCUT2D eigenvalue weighted by Crippen LogP contribution is -2.50. The Kier molecular flexibility index (Phi) is 8.80. The first-order valence-corrected chi connectivity index (χ1v) is 14.8. The summed E-state index contributed by atoms with van der Waals surface area (Å²) in [5.41, 5.74) is 2.78. The summed E-state index contributed by atoms with van der Waals surface area (Å²) >= 11 is 3.53. The van der Waals surface area contributed by atoms with Crippen LogP contribution in [-0.2, 0) is 25.1 Å². The van der Waals surface area contributed by atoms with Crippen molar-refractivity contribution >= 4 is 37.5 Å². The highest BCUT2D eigenvalue weighted by Crippen LogP contribution is 2.34. The first-order valence-electron chi connectivity index (χ1n) is 12.5. The van der Waals surface area contributed by atoms with Crippen molar-refractivity contribution in [3.8, 4) is 5.75 Å². The molecule has 0 aliphatic carbocycles. The molecule has 0 saturated carbocycles. The number of carbonyl (C=O) groups is 1. The molecule has 0 atom stereocenters. The van der Waals surface area contributed by atoms with Crippen molar-refractivity contribution in [3.63, 3.8) is 0 Å². The predicted octanol–water partition coefficient (Wildman–Crippen LogP) is 5.48. The summed E-state index contributed by atoms with van der Waals surface area (Å²) in [5.74, 6) is 0.395. The lowest BCUT2D eigenvalue weighted by Gasteiger charge is -2.39. The van der Waals surface area contributed by atoms with Gasteiger partial charge in [0.15, 0.2) is 0 Å². The Morgan fingerprint density at radius 3 is 2.37 bits per heavy atom. The molecular weight excluding hydrogens is 568 g/mol. The number of methoxy groups -OCH3 is 1. The monoisotopic (exact) mass is 600 g/mol. The SMILES string of the molecule is COc1ccc(N(CCC(=O)NC2(c3cccc(Br)c3)CCOCC2)S(=O)(=O)c2ccc(C)c(C)c2)cc1. The molecular formula is C29H33BrN2O5S. The van der Waals surface area contributed by atoms with Crippen molar-refractivity contribution in [2.24, 2.45) is 0 Å². The summed E-state index contributed by atoms with van der Waals surface area (Å²) in [5, 5.41) is 3.23. The second-order valence-electron chi connectivity index (χ2n) is 9.52. The maximum Gasteiger partial charge on any atom is 0.264 e. The van der Waals surface area contributed by atoms with Gasteiger partial charge in [-0.15, -0.1) is 0 Å². The molecule has 3 aromatic rings. The van der Waals surface area contributed by atoms with Crippen LogP contribution in [0.2, 0.25) is 0 Å². The summed E-state index contributed by atoms with van der Waals surface area (Å²) in [7, 11) is -2.37. The molecule has 1 saturated heterocycles. The summed E-state index contributed by atoms with van der Waals surface area (Å²) in [4.78, 5) is 13.6. The first-order chi connectivity index (χ1) is 18.1. The fraction of sp³-hybridized carbons (Fsp3) is 0.345. The van der Waals surface area contributed by atoms with E-state index in [0.717, 1.165) is 21.2 Å². The van der Waals surface area contributed by atoms with E-state index in [1.165, 1.54) is 4.31 Å². The number of sulfonamides is 1. The minimum atomic E-state index is -3.93. The molecule has 1 aliphatic heterocycles. The van der Waals surface area contributed by atoms with Crippen LogP contribution in [0.15, 0.2) is 76.1 Å². The Morgan fingerprint density at radius 1 is 1.03 bits per heavy atom. The van der Waals surface area contributed by atoms with E-state index in [-0.39, 0.29) is 23.8 Å². The second kappa shape index (κ2) is 11.9. The highest BCUT2D eigenvalue weighted by atomic mass is 79.9. The van der Waals surface area contributed by atoms with Crippen LogP contribution >= 0.6 is 15.9 Å². The normalized spacial score (nSPS) is 15.1. The van der Waals surface area contributed by atoms with Crippen molar-refractivity contribution in [1.82, 2.24) is 5.32 Å². The highest BCUT2D eigenvalue weighted by Gasteiger charge is 2.36. The Balaban J connectivity index is 1.60. The molecule has 1 aliphatic rings. The first kappa shape index (κ1) is 28.1. The molecule has 0 radical (unpaired) electrons. The van der Waals surface area contributed by atoms with Crippen LogP contribution in [0.5, 0.6) is 5.75 Å². The number of nitrogens with one attached hydrogen (secondary N) is 1. The molecule has 1 N–H and O–H groups in total. The third-order valence-corrected chi connectivity index (χ3v) is 9.39. The van der Waals surface area contributed by atoms with Gasteiger partial charge in [0.25, 0.3) is 10.0 Å². The Hall–Kier alpha value is -2.88. The topological polar surface area (TPSA) is 84.9 Å². The van der Waals surface area contributed by atoms with Crippen molar-refractivity contribution in [3.05, 3.63) is 87.9 Å². The summed E-state index contributed by atoms with van der Waals surface area (Å²) < 4.78 is 40.7. The average molecular weight is 602 g/mol. The van der Waals surface area contributed by atoms with Crippen LogP contribution in [-0.4, -0.2) is 41.2 Å². The van der Waals surface area contributed by atoms with Crippen molar-refractivity contribution in [1.29, 1.82) is 0 Å². The van der Waals surface area contributed by atoms with Crippen LogP contribution in [0.1, 0.15) is 36.0 Å². The minimum absolute atomic E-state index is 0.00723. The van der Waals surface area contributed by atoms with Gasteiger partial charge in [-0.1, -0.05) is 34.1 Å². The van der Waals surface area contributed by atoms with Crippen molar-refractivity contribution in [2.45, 2.75) is 43.5 Å². The Morgan fingerprint density at radius 2 is 1.74 bits per heavy atom. The molecule has 38 heavy (non-hydrogen) atoms. The molecule has 9 heteroatoms. The van der Waals surface area contributed by atoms with E-state index in [1.807, 2.05) is 38.1 Å². The highest BCUT2D eigenvalue weighted by molar-refractivity contribution is 9.10. The van der Waals surface area contributed by atoms with E-state index in [4.69, 9.17) is 9.47 Å². The number of benzene rings is 3. The van der Waals surface area contributed by atoms with Gasteiger partial charge in [0, 0.05) is 30.7 Å². The molecule has 1 heterocycles. The predicted molar refractivity (Wildman–Crippen MR) is 152 cm³/mol. The Labute approximate surface area is 233 Å². The standard InChI is InChI=1S/C29H33BrN2O5S/c1-21-7-12-27(19-22(21)2)38(34,35)32(25-8-10-26(36-3)11-9-25)16-13-28(33)31-29(14-17-37-18-15-29)23-5-4-6-24(30)20-23/h4-12,19-20H,13-18H2,1-3H3,(H,31,33). The lowest BCUT2D eigenvalue weighted by atomic mass is 9.82. The van der Waals surface area contributed by atoms with Gasteiger partial charge in [-0.05, 0) is 91.9 Å². The smallest absolute Gasteiger partial charge is 0.264 e. The Bertz CT molecular complexity index is 1390. The number of nitrogens with zero attached hydrogens (tertiary/aromatic N) is 1. The molecule has 3 aromatic carbocycles. The maximum absolute atomic E-state index is 13.8. The number of hydrogen-bond acceptors (Lipinski definition) is 5. The quantitative estimate of drug-likeness (QED) is 0.351. The molecule has 0 unspecified atom stereocenters. The van der Waals surface area contributed by atoms with Crippen LogP contribution in [0.3, 0.4) is 0 Å². The van der Waals surface area contributed by atoms with Gasteiger partial charge in [0.05, 0.1) is 23.2 Å². The average Bonchev–Trinajstić information content (AvgIpc) is 2.91. The number of amides is 1. The second-order valence-corrected chi connectivity index (χ2v) is 12.3. The van der Waals surface area contributed by atoms with E-state index in [9.17, 15) is 13.2 Å². The van der Waals surface area contributed by atoms with Crippen LogP contribution in [0.4, 0.5) is 5.69 Å². The minimum Gasteiger partial charge on any atom is -0.497 e. The summed E-state index contributed by atoms with van der Waals surface area (Å²) in [6.45, 7) is 4.87. The van der Waals surface area contributed by atoms with E-state index >= 15 is 0 Å². The molecule has 1 amide bonds. The molecule has 1 fully saturated rings. The third-order valence-electron chi connectivity index (χ3n) is 7.07. The summed E-state index contributed by atoms with van der Waals surface area (Å²) in [6, 6.07) is 19.8. The lowest BCUT2D eigenvalue weighted by molar-refractivity contribution is -0.124. The van der Waals surface area contributed by atoms with Gasteiger partial charge < -0.3 is 14.8 Å². The molecule has 0 spiro atoms. The number of hydrogen-bond donors (Lipinski definition) is 1. The van der Waals surface area contributed by atoms with E-state index in [2.05, 4.69) is 21.2 Å². The zero-order valence-electron chi connectivity index (χ0n) is 21.9. The number of ether oxygens (including phenoxy) is 2. The molecule has 7 nitrogen and oxygen atoms in total. The third kappa shape index (κ3) is 6.22. The van der Waals surface area contributed by atoms with E-state index < -0.39 is 15.6 Å². The fourth-order valence-corrected chi connectivity index (χ4v) is 6.61. The molecule has 202 valence electrons. The zero-order valence-corrected chi connectivity index (χ0v) is 24.3. The van der Waals surface area contributed by atoms with Gasteiger partial charge in [-0.2, -0.15) is 0 Å². The molecule has 0 bridgehead atoms. The number of aryl methyl sites for hydroxylation is 2. The largest absolute Gasteiger partial charge is 0.497 e. The maximum atomic E-state index is 13.8. The molecule has 0 aromatic heterocycles. The number of carbonyl (C=O) groups excluding carboxylic acids is 1. The summed E-state index contributed by atoms with van der Waals surface area (Å²) in [6.07, 6.45) is 1.27. The van der Waals surface area contributed by atoms with Crippen molar-refractivity contribution < 1.29 is 22.7 Å². The van der Waals surface area contributed by atoms with Gasteiger partial charge in [0.1, 0.15) is 5.75 Å². The van der Waals surface area contributed by atoms with Crippen LogP contribution in [0.25, 0.3) is 0 Å². The van der Waals surface area contributed by atoms with Crippen LogP contribution < -0.4 is 14.4 Å². The van der Waals surface area contributed by atoms with Gasteiger partial charge >= 0.3 is 0 Å². The molecule has 4 rings (SSSR count). The van der Waals surface area contributed by atoms with Gasteiger partial charge in [-0.3, -0.25) is 9.10 Å². The van der Waals surface area contributed by atoms with Gasteiger partial charge in [-0.25, -0.2) is 8.42 Å². The van der Waals surface area contributed by atoms with E-state index in [1.54, 1.807) is 49.6 Å². The zero-order chi connectivity index (χ0) is 27.3. The number of rotatable bonds is 9. The number of anilines is 1. The number of halogens is 1. The van der Waals surface area contributed by atoms with E-state index in [0.29, 0.717) is 37.5 Å². The van der Waals surface area contributed by atoms with Crippen molar-refractivity contribution in [2.75, 3.05) is 31.2 Å². The van der Waals surface area contributed by atoms with Gasteiger partial charge in [0.2, 0.25) is 5.91 Å².